The van der Waals surface area contributed by atoms with Gasteiger partial charge in [-0.05, 0) is 104 Å². The van der Waals surface area contributed by atoms with Gasteiger partial charge >= 0.3 is 5.97 Å². The standard InChI is InChI=1S/C53H86O24/c1-21-8-13-52(69-19-21)22(2)34-29(75-52)15-28-26-7-6-24-14-25(9-11-50(24,4)27(26)10-12-51(28,34)5)53(77-49-44(67)41(64)37(60)33(72-49)20-68-23(3)57)46(74-48-43(66)40(63)36(59)31(17-55)71-48)45(38(61)32(18-56)76-53)73-47-42(65)39(62)35(58)30(16-54)70-47/h21-22,24-49,54-56,58-67H,6-20H2,1-5H3/t21-,22+,24?,25?,26?,27?,28?,29+,30-,31-,32+,33-,34+,35-,36-,37-,38+,39+,40+,41+,42-,43-,44-,45+,46-,47+,48+,49+,50+,51+,52?,53+/m1/s1. The van der Waals surface area contributed by atoms with Crippen LogP contribution in [-0.4, -0.2) is 240 Å². The average Bonchev–Trinajstić information content (AvgIpc) is 4.14. The molecule has 4 aliphatic carbocycles. The number of carbonyl (C=O) groups is 1. The second-order valence-corrected chi connectivity index (χ2v) is 25.2. The molecule has 6 unspecified atom stereocenters. The van der Waals surface area contributed by atoms with E-state index in [1.54, 1.807) is 0 Å². The van der Waals surface area contributed by atoms with Crippen LogP contribution in [0.4, 0.5) is 0 Å². The van der Waals surface area contributed by atoms with Crippen LogP contribution >= 0.6 is 0 Å². The van der Waals surface area contributed by atoms with Gasteiger partial charge in [-0.1, -0.05) is 27.7 Å². The second kappa shape index (κ2) is 22.3. The van der Waals surface area contributed by atoms with E-state index in [0.717, 1.165) is 51.9 Å². The van der Waals surface area contributed by atoms with Gasteiger partial charge in [-0.15, -0.1) is 0 Å². The van der Waals surface area contributed by atoms with E-state index < -0.39 is 166 Å². The maximum absolute atomic E-state index is 12.3. The third-order valence-corrected chi connectivity index (χ3v) is 21.1. The van der Waals surface area contributed by atoms with Crippen LogP contribution in [0.5, 0.6) is 0 Å². The fourth-order valence-corrected chi connectivity index (χ4v) is 16.8. The molecule has 0 aromatic heterocycles. The van der Waals surface area contributed by atoms with Gasteiger partial charge in [0.1, 0.15) is 104 Å². The van der Waals surface area contributed by atoms with Crippen molar-refractivity contribution in [2.24, 2.45) is 58.2 Å². The number of aliphatic hydroxyl groups excluding tert-OH is 13. The Morgan fingerprint density at radius 3 is 1.75 bits per heavy atom. The van der Waals surface area contributed by atoms with Crippen molar-refractivity contribution < 1.29 is 119 Å². The van der Waals surface area contributed by atoms with Gasteiger partial charge in [-0.25, -0.2) is 0 Å². The van der Waals surface area contributed by atoms with Crippen LogP contribution in [0.15, 0.2) is 0 Å². The zero-order valence-electron chi connectivity index (χ0n) is 44.6. The highest BCUT2D eigenvalue weighted by atomic mass is 16.8. The Labute approximate surface area is 447 Å². The predicted molar refractivity (Wildman–Crippen MR) is 258 cm³/mol. The molecule has 24 nitrogen and oxygen atoms in total. The summed E-state index contributed by atoms with van der Waals surface area (Å²) >= 11 is 0. The SMILES string of the molecule is CC(=O)OC[C@H]1O[C@@H](O[C@]2(C3CC[C@@]4(C)C(CCC5C4CC[C@@]4(C)C5C[C@@H]5OC6(CC[C@@H](C)CO6)[C@@H](C)[C@@H]54)C3)O[C@@H](CO)[C@H](O)[C@H](O[C@@H]3O[C@H](CO)[C@@H](O)[C@H](O)[C@H]3O)[C@H]2O[C@@H]2O[C@H](CO)[C@@H](O)[C@H](O)[C@H]2O)[C@H](O)[C@@H](O)[C@@H]1O. The summed E-state index contributed by atoms with van der Waals surface area (Å²) in [5.41, 5.74) is -0.233. The molecule has 0 amide bonds. The fraction of sp³-hybridized carbons (Fsp3) is 0.981. The highest BCUT2D eigenvalue weighted by Gasteiger charge is 2.71. The minimum atomic E-state index is -2.49. The zero-order valence-corrected chi connectivity index (χ0v) is 44.6. The predicted octanol–water partition coefficient (Wildman–Crippen LogP) is -2.75. The molecule has 1 spiro atoms. The van der Waals surface area contributed by atoms with Crippen LogP contribution in [0.3, 0.4) is 0 Å². The summed E-state index contributed by atoms with van der Waals surface area (Å²) in [6, 6.07) is 0. The quantitative estimate of drug-likeness (QED) is 0.0882. The van der Waals surface area contributed by atoms with E-state index in [-0.39, 0.29) is 47.5 Å². The number of fused-ring (bicyclic) bond motifs is 7. The van der Waals surface area contributed by atoms with E-state index in [4.69, 9.17) is 47.4 Å². The second-order valence-electron chi connectivity index (χ2n) is 25.2. The number of hydrogen-bond acceptors (Lipinski definition) is 24. The van der Waals surface area contributed by atoms with Crippen molar-refractivity contribution in [3.63, 3.8) is 0 Å². The summed E-state index contributed by atoms with van der Waals surface area (Å²) in [5.74, 6) is -2.64. The first-order chi connectivity index (χ1) is 36.5. The van der Waals surface area contributed by atoms with Crippen LogP contribution in [0.2, 0.25) is 0 Å². The minimum absolute atomic E-state index is 0.0345. The number of esters is 1. The summed E-state index contributed by atoms with van der Waals surface area (Å²) in [5, 5.41) is 145. The van der Waals surface area contributed by atoms with Gasteiger partial charge in [0.25, 0.3) is 0 Å². The van der Waals surface area contributed by atoms with E-state index in [9.17, 15) is 71.2 Å². The average molecular weight is 1110 g/mol. The largest absolute Gasteiger partial charge is 0.463 e. The number of hydrogen-bond donors (Lipinski definition) is 13. The lowest BCUT2D eigenvalue weighted by molar-refractivity contribution is -0.466. The van der Waals surface area contributed by atoms with Crippen LogP contribution < -0.4 is 0 Å². The molecule has 0 aromatic rings. The van der Waals surface area contributed by atoms with Gasteiger partial charge < -0.3 is 114 Å². The molecular weight excluding hydrogens is 1020 g/mol. The number of rotatable bonds is 12. The van der Waals surface area contributed by atoms with Crippen LogP contribution in [0.1, 0.15) is 98.8 Å². The first-order valence-corrected chi connectivity index (χ1v) is 28.2. The molecule has 10 fully saturated rings. The lowest BCUT2D eigenvalue weighted by Crippen LogP contribution is -2.75. The van der Waals surface area contributed by atoms with Crippen molar-refractivity contribution >= 4 is 5.97 Å². The van der Waals surface area contributed by atoms with E-state index in [2.05, 4.69) is 27.7 Å². The van der Waals surface area contributed by atoms with E-state index in [1.165, 1.54) is 0 Å². The third-order valence-electron chi connectivity index (χ3n) is 21.1. The number of aliphatic hydroxyl groups is 13. The molecule has 6 heterocycles. The lowest BCUT2D eigenvalue weighted by Gasteiger charge is -2.63. The van der Waals surface area contributed by atoms with Crippen molar-refractivity contribution in [2.45, 2.75) is 233 Å². The zero-order chi connectivity index (χ0) is 55.4. The molecule has 24 heteroatoms. The number of carbonyl (C=O) groups excluding carboxylic acids is 1. The summed E-state index contributed by atoms with van der Waals surface area (Å²) in [7, 11) is 0. The molecule has 6 saturated heterocycles. The monoisotopic (exact) mass is 1110 g/mol. The Balaban J connectivity index is 1.02. The molecule has 13 N–H and O–H groups in total. The van der Waals surface area contributed by atoms with E-state index in [1.807, 2.05) is 0 Å². The highest BCUT2D eigenvalue weighted by molar-refractivity contribution is 5.65. The minimum Gasteiger partial charge on any atom is -0.463 e. The molecule has 32 atom stereocenters. The maximum Gasteiger partial charge on any atom is 0.302 e. The van der Waals surface area contributed by atoms with Gasteiger partial charge in [0.05, 0.1) is 32.5 Å². The molecule has 0 bridgehead atoms. The Hall–Kier alpha value is -1.41. The van der Waals surface area contributed by atoms with Crippen molar-refractivity contribution in [3.05, 3.63) is 0 Å². The summed E-state index contributed by atoms with van der Waals surface area (Å²) < 4.78 is 63.3. The fourth-order valence-electron chi connectivity index (χ4n) is 16.8. The van der Waals surface area contributed by atoms with Crippen LogP contribution in [0.25, 0.3) is 0 Å². The van der Waals surface area contributed by atoms with Crippen LogP contribution in [0, 0.1) is 58.2 Å². The Morgan fingerprint density at radius 1 is 0.571 bits per heavy atom. The molecule has 77 heavy (non-hydrogen) atoms. The first-order valence-electron chi connectivity index (χ1n) is 28.2. The molecule has 442 valence electrons. The van der Waals surface area contributed by atoms with Gasteiger partial charge in [-0.3, -0.25) is 4.79 Å². The van der Waals surface area contributed by atoms with Crippen molar-refractivity contribution in [1.82, 2.24) is 0 Å². The molecule has 0 aromatic carbocycles. The molecule has 4 saturated carbocycles. The molecular formula is C53H86O24. The van der Waals surface area contributed by atoms with Gasteiger partial charge in [-0.2, -0.15) is 0 Å². The highest BCUT2D eigenvalue weighted by Crippen LogP contribution is 2.72. The van der Waals surface area contributed by atoms with E-state index >= 15 is 0 Å². The Morgan fingerprint density at radius 2 is 1.16 bits per heavy atom. The Bertz CT molecular complexity index is 2030. The van der Waals surface area contributed by atoms with Gasteiger partial charge in [0.2, 0.25) is 5.79 Å². The summed E-state index contributed by atoms with van der Waals surface area (Å²) in [6.07, 6.45) is -28.4. The van der Waals surface area contributed by atoms with Crippen molar-refractivity contribution in [3.8, 4) is 0 Å². The Kier molecular flexibility index (Phi) is 17.0. The molecule has 6 aliphatic heterocycles. The summed E-state index contributed by atoms with van der Waals surface area (Å²) in [4.78, 5) is 12.0. The number of ether oxygens (including phenoxy) is 10. The summed E-state index contributed by atoms with van der Waals surface area (Å²) in [6.45, 7) is 7.81. The van der Waals surface area contributed by atoms with Crippen molar-refractivity contribution in [1.29, 1.82) is 0 Å². The maximum atomic E-state index is 12.3. The third kappa shape index (κ3) is 9.87. The topological polar surface area (TPSA) is 372 Å². The smallest absolute Gasteiger partial charge is 0.302 e. The van der Waals surface area contributed by atoms with Crippen molar-refractivity contribution in [2.75, 3.05) is 33.0 Å². The molecule has 0 radical (unpaired) electrons. The van der Waals surface area contributed by atoms with Gasteiger partial charge in [0, 0.05) is 25.2 Å². The normalized spacial score (nSPS) is 56.7. The molecule has 10 rings (SSSR count). The molecule has 10 aliphatic rings. The van der Waals surface area contributed by atoms with Gasteiger partial charge in [0.15, 0.2) is 24.7 Å². The van der Waals surface area contributed by atoms with E-state index in [0.29, 0.717) is 36.7 Å². The van der Waals surface area contributed by atoms with Crippen LogP contribution in [-0.2, 0) is 52.2 Å². The first kappa shape index (κ1) is 58.8. The lowest BCUT2D eigenvalue weighted by atomic mass is 9.43.